The lowest BCUT2D eigenvalue weighted by Gasteiger charge is -2.11. The number of nitrogens with zero attached hydrogens (tertiary/aromatic N) is 3. The number of benzene rings is 1. The van der Waals surface area contributed by atoms with Crippen molar-refractivity contribution < 1.29 is 13.5 Å². The fraction of sp³-hybridized carbons (Fsp3) is 0.278. The number of thiophene rings is 1. The molecule has 0 N–H and O–H groups in total. The van der Waals surface area contributed by atoms with Gasteiger partial charge in [0.25, 0.3) is 5.56 Å². The number of rotatable bonds is 5. The first-order valence-corrected chi connectivity index (χ1v) is 8.81. The number of hydrogen-bond acceptors (Lipinski definition) is 5. The summed E-state index contributed by atoms with van der Waals surface area (Å²) in [5.41, 5.74) is 1.57. The van der Waals surface area contributed by atoms with Crippen LogP contribution in [0.25, 0.3) is 10.2 Å². The topological polar surface area (TPSA) is 56.5 Å². The van der Waals surface area contributed by atoms with Gasteiger partial charge in [0, 0.05) is 4.88 Å². The van der Waals surface area contributed by atoms with Gasteiger partial charge in [-0.25, -0.2) is 4.98 Å². The first kappa shape index (κ1) is 18.2. The van der Waals surface area contributed by atoms with E-state index in [1.807, 2.05) is 13.0 Å². The third-order valence-electron chi connectivity index (χ3n) is 3.86. The van der Waals surface area contributed by atoms with Crippen molar-refractivity contribution in [3.05, 3.63) is 56.4 Å². The van der Waals surface area contributed by atoms with Crippen molar-refractivity contribution in [2.75, 3.05) is 0 Å². The average Bonchev–Trinajstić information content (AvgIpc) is 3.02. The summed E-state index contributed by atoms with van der Waals surface area (Å²) < 4.78 is 30.6. The molecule has 0 atom stereocenters. The van der Waals surface area contributed by atoms with E-state index in [9.17, 15) is 13.6 Å². The zero-order valence-electron chi connectivity index (χ0n) is 14.5. The Labute approximate surface area is 152 Å². The maximum Gasteiger partial charge on any atom is 0.387 e. The molecule has 0 bridgehead atoms. The molecule has 3 aromatic rings. The van der Waals surface area contributed by atoms with Crippen LogP contribution in [0.4, 0.5) is 8.78 Å². The molecule has 0 saturated carbocycles. The molecule has 1 aromatic carbocycles. The van der Waals surface area contributed by atoms with Gasteiger partial charge < -0.3 is 4.74 Å². The van der Waals surface area contributed by atoms with Crippen molar-refractivity contribution in [1.82, 2.24) is 9.66 Å². The van der Waals surface area contributed by atoms with Crippen LogP contribution < -0.4 is 10.3 Å². The lowest BCUT2D eigenvalue weighted by molar-refractivity contribution is -0.0507. The van der Waals surface area contributed by atoms with Crippen LogP contribution in [-0.4, -0.2) is 22.5 Å². The molecule has 5 nitrogen and oxygen atoms in total. The second-order valence-corrected chi connectivity index (χ2v) is 6.90. The number of ether oxygens (including phenoxy) is 1. The summed E-state index contributed by atoms with van der Waals surface area (Å²) in [6.45, 7) is 2.51. The Bertz CT molecular complexity index is 1020. The Kier molecular flexibility index (Phi) is 5.13. The fourth-order valence-electron chi connectivity index (χ4n) is 2.68. The van der Waals surface area contributed by atoms with Gasteiger partial charge >= 0.3 is 6.61 Å². The van der Waals surface area contributed by atoms with E-state index in [4.69, 9.17) is 0 Å². The summed E-state index contributed by atoms with van der Waals surface area (Å²) in [6, 6.07) is 5.18. The third-order valence-corrected chi connectivity index (χ3v) is 5.04. The highest BCUT2D eigenvalue weighted by Gasteiger charge is 2.11. The molecule has 0 aliphatic rings. The molecular weight excluding hydrogens is 360 g/mol. The highest BCUT2D eigenvalue weighted by atomic mass is 32.1. The maximum atomic E-state index is 12.5. The van der Waals surface area contributed by atoms with E-state index in [-0.39, 0.29) is 11.3 Å². The van der Waals surface area contributed by atoms with Gasteiger partial charge in [0.1, 0.15) is 16.9 Å². The standard InChI is InChI=1S/C18H17F2N3O2S/c1-4-13-7-14-16(26-13)21-9-23(17(14)24)22-8-12-5-10(2)15(11(3)6-12)25-18(19)20/h5-9,18H,4H2,1-3H3/b22-8-. The van der Waals surface area contributed by atoms with Crippen LogP contribution in [0.3, 0.4) is 0 Å². The molecule has 0 saturated heterocycles. The van der Waals surface area contributed by atoms with E-state index >= 15 is 0 Å². The van der Waals surface area contributed by atoms with Crippen molar-refractivity contribution in [3.63, 3.8) is 0 Å². The number of halogens is 2. The van der Waals surface area contributed by atoms with Gasteiger partial charge in [0.05, 0.1) is 11.6 Å². The molecule has 26 heavy (non-hydrogen) atoms. The maximum absolute atomic E-state index is 12.5. The molecule has 3 rings (SSSR count). The molecule has 0 spiro atoms. The molecule has 0 unspecified atom stereocenters. The van der Waals surface area contributed by atoms with E-state index in [1.54, 1.807) is 26.0 Å². The predicted octanol–water partition coefficient (Wildman–Crippen LogP) is 4.12. The van der Waals surface area contributed by atoms with E-state index < -0.39 is 6.61 Å². The Morgan fingerprint density at radius 2 is 2.00 bits per heavy atom. The van der Waals surface area contributed by atoms with Crippen LogP contribution in [0.5, 0.6) is 5.75 Å². The van der Waals surface area contributed by atoms with Crippen molar-refractivity contribution in [2.45, 2.75) is 33.8 Å². The minimum atomic E-state index is -2.87. The average molecular weight is 377 g/mol. The number of aryl methyl sites for hydroxylation is 3. The summed E-state index contributed by atoms with van der Waals surface area (Å²) in [6.07, 6.45) is 3.72. The number of aromatic nitrogens is 2. The molecule has 2 aromatic heterocycles. The second kappa shape index (κ2) is 7.33. The molecule has 136 valence electrons. The summed E-state index contributed by atoms with van der Waals surface area (Å²) in [7, 11) is 0. The van der Waals surface area contributed by atoms with E-state index in [0.29, 0.717) is 26.9 Å². The van der Waals surface area contributed by atoms with Crippen LogP contribution in [0.1, 0.15) is 28.5 Å². The summed E-state index contributed by atoms with van der Waals surface area (Å²) in [4.78, 5) is 18.6. The lowest BCUT2D eigenvalue weighted by atomic mass is 10.1. The van der Waals surface area contributed by atoms with E-state index in [0.717, 1.165) is 11.3 Å². The molecule has 0 radical (unpaired) electrons. The predicted molar refractivity (Wildman–Crippen MR) is 98.8 cm³/mol. The normalized spacial score (nSPS) is 11.8. The second-order valence-electron chi connectivity index (χ2n) is 5.79. The smallest absolute Gasteiger partial charge is 0.387 e. The first-order chi connectivity index (χ1) is 12.4. The minimum absolute atomic E-state index is 0.155. The first-order valence-electron chi connectivity index (χ1n) is 7.99. The molecule has 2 heterocycles. The van der Waals surface area contributed by atoms with Crippen molar-refractivity contribution in [3.8, 4) is 5.75 Å². The van der Waals surface area contributed by atoms with Crippen molar-refractivity contribution in [2.24, 2.45) is 5.10 Å². The Balaban J connectivity index is 1.94. The zero-order chi connectivity index (χ0) is 18.8. The van der Waals surface area contributed by atoms with Gasteiger partial charge in [0.15, 0.2) is 0 Å². The van der Waals surface area contributed by atoms with Crippen LogP contribution in [0.15, 0.2) is 34.4 Å². The largest absolute Gasteiger partial charge is 0.434 e. The quantitative estimate of drug-likeness (QED) is 0.629. The highest BCUT2D eigenvalue weighted by molar-refractivity contribution is 7.18. The van der Waals surface area contributed by atoms with Crippen LogP contribution in [0.2, 0.25) is 0 Å². The molecule has 0 aliphatic carbocycles. The molecule has 8 heteroatoms. The van der Waals surface area contributed by atoms with Gasteiger partial charge in [0.2, 0.25) is 0 Å². The van der Waals surface area contributed by atoms with Crippen LogP contribution >= 0.6 is 11.3 Å². The Hall–Kier alpha value is -2.61. The fourth-order valence-corrected chi connectivity index (χ4v) is 3.61. The van der Waals surface area contributed by atoms with E-state index in [1.165, 1.54) is 28.6 Å². The van der Waals surface area contributed by atoms with Gasteiger partial charge in [-0.05, 0) is 55.2 Å². The van der Waals surface area contributed by atoms with Gasteiger partial charge in [-0.2, -0.15) is 18.6 Å². The van der Waals surface area contributed by atoms with Crippen LogP contribution in [0, 0.1) is 13.8 Å². The third kappa shape index (κ3) is 3.65. The van der Waals surface area contributed by atoms with Gasteiger partial charge in [-0.15, -0.1) is 11.3 Å². The molecule has 0 amide bonds. The minimum Gasteiger partial charge on any atom is -0.434 e. The Morgan fingerprint density at radius 3 is 2.62 bits per heavy atom. The molecule has 0 aliphatic heterocycles. The lowest BCUT2D eigenvalue weighted by Crippen LogP contribution is -2.16. The van der Waals surface area contributed by atoms with Gasteiger partial charge in [-0.1, -0.05) is 6.92 Å². The van der Waals surface area contributed by atoms with Crippen molar-refractivity contribution in [1.29, 1.82) is 0 Å². The number of alkyl halides is 2. The number of fused-ring (bicyclic) bond motifs is 1. The van der Waals surface area contributed by atoms with Gasteiger partial charge in [-0.3, -0.25) is 4.79 Å². The molecule has 0 fully saturated rings. The monoisotopic (exact) mass is 377 g/mol. The number of hydrogen-bond donors (Lipinski definition) is 0. The summed E-state index contributed by atoms with van der Waals surface area (Å²) in [5.74, 6) is 0.155. The van der Waals surface area contributed by atoms with Crippen LogP contribution in [-0.2, 0) is 6.42 Å². The molecular formula is C18H17F2N3O2S. The summed E-state index contributed by atoms with van der Waals surface area (Å²) in [5, 5.41) is 4.71. The Morgan fingerprint density at radius 1 is 1.31 bits per heavy atom. The SMILES string of the molecule is CCc1cc2c(=O)n(/N=C\c3cc(C)c(OC(F)F)c(C)c3)cnc2s1. The van der Waals surface area contributed by atoms with E-state index in [2.05, 4.69) is 14.8 Å². The summed E-state index contributed by atoms with van der Waals surface area (Å²) >= 11 is 1.49. The zero-order valence-corrected chi connectivity index (χ0v) is 15.3. The van der Waals surface area contributed by atoms with Crippen molar-refractivity contribution >= 4 is 27.8 Å². The highest BCUT2D eigenvalue weighted by Crippen LogP contribution is 2.26.